The van der Waals surface area contributed by atoms with Crippen molar-refractivity contribution in [3.63, 3.8) is 0 Å². The van der Waals surface area contributed by atoms with E-state index >= 15 is 0 Å². The van der Waals surface area contributed by atoms with Crippen LogP contribution < -0.4 is 11.1 Å². The lowest BCUT2D eigenvalue weighted by Gasteiger charge is -2.34. The van der Waals surface area contributed by atoms with Crippen LogP contribution in [0.3, 0.4) is 0 Å². The van der Waals surface area contributed by atoms with Gasteiger partial charge >= 0.3 is 0 Å². The average Bonchev–Trinajstić information content (AvgIpc) is 2.26. The van der Waals surface area contributed by atoms with E-state index in [1.54, 1.807) is 0 Å². The van der Waals surface area contributed by atoms with Crippen LogP contribution >= 0.6 is 0 Å². The minimum atomic E-state index is -0.0906. The summed E-state index contributed by atoms with van der Waals surface area (Å²) in [5, 5.41) is 3.06. The van der Waals surface area contributed by atoms with E-state index in [2.05, 4.69) is 12.2 Å². The third kappa shape index (κ3) is 3.78. The molecule has 2 unspecified atom stereocenters. The number of hydrogen-bond donors (Lipinski definition) is 2. The predicted molar refractivity (Wildman–Crippen MR) is 67.0 cm³/mol. The van der Waals surface area contributed by atoms with Crippen molar-refractivity contribution in [1.29, 1.82) is 0 Å². The Morgan fingerprint density at radius 3 is 2.38 bits per heavy atom. The number of rotatable bonds is 4. The van der Waals surface area contributed by atoms with Gasteiger partial charge in [-0.2, -0.15) is 0 Å². The number of amides is 1. The Kier molecular flexibility index (Phi) is 4.78. The maximum Gasteiger partial charge on any atom is 0.224 e. The summed E-state index contributed by atoms with van der Waals surface area (Å²) in [4.78, 5) is 11.8. The highest BCUT2D eigenvalue weighted by molar-refractivity contribution is 5.78. The summed E-state index contributed by atoms with van der Waals surface area (Å²) in [5.74, 6) is 0.00832. The fourth-order valence-corrected chi connectivity index (χ4v) is 2.28. The van der Waals surface area contributed by atoms with Gasteiger partial charge in [-0.05, 0) is 25.2 Å². The molecule has 1 fully saturated rings. The van der Waals surface area contributed by atoms with Crippen molar-refractivity contribution < 1.29 is 4.79 Å². The second-order valence-corrected chi connectivity index (χ2v) is 5.74. The monoisotopic (exact) mass is 226 g/mol. The van der Waals surface area contributed by atoms with Crippen LogP contribution in [0.2, 0.25) is 0 Å². The highest BCUT2D eigenvalue weighted by Gasteiger charge is 2.28. The smallest absolute Gasteiger partial charge is 0.224 e. The molecule has 1 amide bonds. The van der Waals surface area contributed by atoms with Gasteiger partial charge in [-0.15, -0.1) is 0 Å². The molecule has 3 N–H and O–H groups in total. The molecule has 1 rings (SSSR count). The van der Waals surface area contributed by atoms with Crippen LogP contribution in [0, 0.1) is 11.3 Å². The third-order valence-electron chi connectivity index (χ3n) is 3.95. The molecular formula is C13H26N2O. The van der Waals surface area contributed by atoms with E-state index in [9.17, 15) is 4.79 Å². The maximum absolute atomic E-state index is 11.8. The molecule has 1 aliphatic rings. The number of carbonyl (C=O) groups excluding carboxylic acids is 1. The van der Waals surface area contributed by atoms with Gasteiger partial charge in [0.15, 0.2) is 0 Å². The number of nitrogens with one attached hydrogen (secondary N) is 1. The molecule has 1 aliphatic carbocycles. The first-order chi connectivity index (χ1) is 7.44. The minimum Gasteiger partial charge on any atom is -0.355 e. The Labute approximate surface area is 99.2 Å². The van der Waals surface area contributed by atoms with E-state index < -0.39 is 0 Å². The molecular weight excluding hydrogens is 200 g/mol. The second-order valence-electron chi connectivity index (χ2n) is 5.74. The normalized spacial score (nSPS) is 23.5. The Morgan fingerprint density at radius 2 is 1.88 bits per heavy atom. The lowest BCUT2D eigenvalue weighted by molar-refractivity contribution is -0.125. The summed E-state index contributed by atoms with van der Waals surface area (Å²) in [6, 6.07) is -0.0702. The van der Waals surface area contributed by atoms with Gasteiger partial charge in [0.2, 0.25) is 5.91 Å². The zero-order chi connectivity index (χ0) is 12.2. The molecule has 16 heavy (non-hydrogen) atoms. The van der Waals surface area contributed by atoms with Crippen molar-refractivity contribution in [2.45, 2.75) is 58.9 Å². The fraction of sp³-hybridized carbons (Fsp3) is 0.923. The highest BCUT2D eigenvalue weighted by Crippen LogP contribution is 2.34. The van der Waals surface area contributed by atoms with E-state index in [4.69, 9.17) is 5.73 Å². The van der Waals surface area contributed by atoms with Crippen molar-refractivity contribution in [2.24, 2.45) is 17.1 Å². The number of hydrogen-bond acceptors (Lipinski definition) is 2. The number of nitrogens with two attached hydrogens (primary N) is 1. The summed E-state index contributed by atoms with van der Waals surface area (Å²) in [6.45, 7) is 6.86. The SMILES string of the molecule is CC(N)C(C)C(=O)NCC1(C)CCCCC1. The van der Waals surface area contributed by atoms with Gasteiger partial charge in [-0.25, -0.2) is 0 Å². The Morgan fingerprint density at radius 1 is 1.31 bits per heavy atom. The van der Waals surface area contributed by atoms with Crippen molar-refractivity contribution in [1.82, 2.24) is 5.32 Å². The van der Waals surface area contributed by atoms with Crippen molar-refractivity contribution in [3.05, 3.63) is 0 Å². The molecule has 0 heterocycles. The molecule has 94 valence electrons. The minimum absolute atomic E-state index is 0.0702. The summed E-state index contributed by atoms with van der Waals surface area (Å²) in [5.41, 5.74) is 6.03. The topological polar surface area (TPSA) is 55.1 Å². The summed E-state index contributed by atoms with van der Waals surface area (Å²) >= 11 is 0. The predicted octanol–water partition coefficient (Wildman–Crippen LogP) is 2.06. The van der Waals surface area contributed by atoms with Gasteiger partial charge in [-0.1, -0.05) is 33.1 Å². The van der Waals surface area contributed by atoms with Crippen LogP contribution in [0.15, 0.2) is 0 Å². The van der Waals surface area contributed by atoms with Gasteiger partial charge in [0.1, 0.15) is 0 Å². The lowest BCUT2D eigenvalue weighted by atomic mass is 9.75. The molecule has 0 aromatic rings. The first-order valence-corrected chi connectivity index (χ1v) is 6.48. The first kappa shape index (κ1) is 13.5. The molecule has 0 radical (unpaired) electrons. The third-order valence-corrected chi connectivity index (χ3v) is 3.95. The second kappa shape index (κ2) is 5.67. The molecule has 3 heteroatoms. The van der Waals surface area contributed by atoms with Crippen LogP contribution in [-0.4, -0.2) is 18.5 Å². The highest BCUT2D eigenvalue weighted by atomic mass is 16.1. The quantitative estimate of drug-likeness (QED) is 0.771. The van der Waals surface area contributed by atoms with Crippen LogP contribution in [0.25, 0.3) is 0 Å². The fourth-order valence-electron chi connectivity index (χ4n) is 2.28. The van der Waals surface area contributed by atoms with E-state index in [1.807, 2.05) is 13.8 Å². The molecule has 3 nitrogen and oxygen atoms in total. The molecule has 0 spiro atoms. The molecule has 0 aromatic heterocycles. The summed E-state index contributed by atoms with van der Waals surface area (Å²) in [7, 11) is 0. The van der Waals surface area contributed by atoms with Gasteiger partial charge in [0.25, 0.3) is 0 Å². The van der Waals surface area contributed by atoms with Crippen molar-refractivity contribution in [2.75, 3.05) is 6.54 Å². The molecule has 1 saturated carbocycles. The Hall–Kier alpha value is -0.570. The zero-order valence-electron chi connectivity index (χ0n) is 10.9. The van der Waals surface area contributed by atoms with E-state index in [1.165, 1.54) is 32.1 Å². The van der Waals surface area contributed by atoms with Gasteiger partial charge in [0.05, 0.1) is 0 Å². The van der Waals surface area contributed by atoms with Crippen LogP contribution in [0.1, 0.15) is 52.9 Å². The van der Waals surface area contributed by atoms with Gasteiger partial charge in [-0.3, -0.25) is 4.79 Å². The van der Waals surface area contributed by atoms with E-state index in [0.29, 0.717) is 5.41 Å². The lowest BCUT2D eigenvalue weighted by Crippen LogP contribution is -2.43. The first-order valence-electron chi connectivity index (χ1n) is 6.48. The molecule has 0 saturated heterocycles. The molecule has 2 atom stereocenters. The molecule has 0 aliphatic heterocycles. The van der Waals surface area contributed by atoms with E-state index in [-0.39, 0.29) is 17.9 Å². The van der Waals surface area contributed by atoms with E-state index in [0.717, 1.165) is 6.54 Å². The molecule has 0 bridgehead atoms. The average molecular weight is 226 g/mol. The standard InChI is InChI=1S/C13H26N2O/c1-10(11(2)14)12(16)15-9-13(3)7-5-4-6-8-13/h10-11H,4-9,14H2,1-3H3,(H,15,16). The van der Waals surface area contributed by atoms with Crippen LogP contribution in [-0.2, 0) is 4.79 Å². The van der Waals surface area contributed by atoms with Crippen molar-refractivity contribution >= 4 is 5.91 Å². The molecule has 0 aromatic carbocycles. The summed E-state index contributed by atoms with van der Waals surface area (Å²) < 4.78 is 0. The van der Waals surface area contributed by atoms with Crippen LogP contribution in [0.5, 0.6) is 0 Å². The Bertz CT molecular complexity index is 232. The van der Waals surface area contributed by atoms with Crippen molar-refractivity contribution in [3.8, 4) is 0 Å². The van der Waals surface area contributed by atoms with Gasteiger partial charge in [0, 0.05) is 18.5 Å². The Balaban J connectivity index is 2.35. The largest absolute Gasteiger partial charge is 0.355 e. The maximum atomic E-state index is 11.8. The number of carbonyl (C=O) groups is 1. The van der Waals surface area contributed by atoms with Crippen LogP contribution in [0.4, 0.5) is 0 Å². The summed E-state index contributed by atoms with van der Waals surface area (Å²) in [6.07, 6.45) is 6.42. The van der Waals surface area contributed by atoms with Gasteiger partial charge < -0.3 is 11.1 Å². The zero-order valence-corrected chi connectivity index (χ0v) is 10.9.